The first-order valence-corrected chi connectivity index (χ1v) is 12.5. The van der Waals surface area contributed by atoms with Crippen molar-refractivity contribution >= 4 is 0 Å². The van der Waals surface area contributed by atoms with Crippen molar-refractivity contribution in [3.8, 4) is 0 Å². The molecule has 0 amide bonds. The van der Waals surface area contributed by atoms with Crippen molar-refractivity contribution in [3.05, 3.63) is 0 Å². The quantitative estimate of drug-likeness (QED) is 0.661. The van der Waals surface area contributed by atoms with Gasteiger partial charge >= 0.3 is 0 Å². The molecule has 0 aromatic carbocycles. The fourth-order valence-corrected chi connectivity index (χ4v) is 11.1. The summed E-state index contributed by atoms with van der Waals surface area (Å²) >= 11 is 0. The lowest BCUT2D eigenvalue weighted by Crippen LogP contribution is -2.71. The lowest BCUT2D eigenvalue weighted by atomic mass is 9.35. The second-order valence-corrected chi connectivity index (χ2v) is 12.3. The van der Waals surface area contributed by atoms with Gasteiger partial charge in [0.05, 0.1) is 24.9 Å². The number of hydrogen-bond donors (Lipinski definition) is 1. The molecule has 1 N–H and O–H groups in total. The Bertz CT molecular complexity index is 708. The molecule has 0 bridgehead atoms. The van der Waals surface area contributed by atoms with Crippen LogP contribution < -0.4 is 0 Å². The highest BCUT2D eigenvalue weighted by atomic mass is 16.7. The molecule has 0 aromatic heterocycles. The molecule has 5 saturated carbocycles. The Labute approximate surface area is 175 Å². The summed E-state index contributed by atoms with van der Waals surface area (Å²) in [5, 5.41) is 11.7. The zero-order chi connectivity index (χ0) is 19.6. The van der Waals surface area contributed by atoms with Crippen LogP contribution in [0.15, 0.2) is 0 Å². The fourth-order valence-electron chi connectivity index (χ4n) is 11.1. The predicted molar refractivity (Wildman–Crippen MR) is 108 cm³/mol. The third-order valence-corrected chi connectivity index (χ3v) is 11.9. The number of hydrogen-bond acceptors (Lipinski definition) is 4. The highest BCUT2D eigenvalue weighted by molar-refractivity contribution is 5.27. The molecule has 5 aliphatic carbocycles. The molecule has 2 spiro atoms. The molecule has 10 atom stereocenters. The van der Waals surface area contributed by atoms with E-state index in [4.69, 9.17) is 14.2 Å². The van der Waals surface area contributed by atoms with Crippen molar-refractivity contribution in [1.82, 2.24) is 0 Å². The molecule has 2 aliphatic heterocycles. The lowest BCUT2D eigenvalue weighted by molar-refractivity contribution is -0.286. The van der Waals surface area contributed by atoms with E-state index >= 15 is 0 Å². The third-order valence-electron chi connectivity index (χ3n) is 11.9. The topological polar surface area (TPSA) is 47.9 Å². The van der Waals surface area contributed by atoms with Gasteiger partial charge in [0.2, 0.25) is 0 Å². The van der Waals surface area contributed by atoms with E-state index in [0.717, 1.165) is 57.3 Å². The van der Waals surface area contributed by atoms with Gasteiger partial charge in [0.25, 0.3) is 0 Å². The smallest absolute Gasteiger partial charge is 0.168 e. The second kappa shape index (κ2) is 5.60. The van der Waals surface area contributed by atoms with Gasteiger partial charge in [-0.1, -0.05) is 6.92 Å². The zero-order valence-corrected chi connectivity index (χ0v) is 18.2. The van der Waals surface area contributed by atoms with E-state index < -0.39 is 0 Å². The number of aliphatic hydroxyl groups is 1. The Morgan fingerprint density at radius 3 is 2.41 bits per heavy atom. The van der Waals surface area contributed by atoms with E-state index in [1.165, 1.54) is 32.1 Å². The Hall–Kier alpha value is -0.160. The van der Waals surface area contributed by atoms with Crippen molar-refractivity contribution < 1.29 is 19.3 Å². The normalized spacial score (nSPS) is 62.0. The summed E-state index contributed by atoms with van der Waals surface area (Å²) in [6.45, 7) is 7.37. The molecule has 7 fully saturated rings. The monoisotopic (exact) mass is 402 g/mol. The Kier molecular flexibility index (Phi) is 3.56. The predicted octanol–water partition coefficient (Wildman–Crippen LogP) is 4.15. The Balaban J connectivity index is 1.22. The van der Waals surface area contributed by atoms with Crippen LogP contribution in [0.1, 0.15) is 71.6 Å². The molecular formula is C25H38O4. The summed E-state index contributed by atoms with van der Waals surface area (Å²) < 4.78 is 18.5. The Morgan fingerprint density at radius 1 is 0.793 bits per heavy atom. The molecular weight excluding hydrogens is 364 g/mol. The highest BCUT2D eigenvalue weighted by Crippen LogP contribution is 2.79. The first-order chi connectivity index (χ1) is 13.9. The van der Waals surface area contributed by atoms with Gasteiger partial charge in [-0.05, 0) is 98.2 Å². The summed E-state index contributed by atoms with van der Waals surface area (Å²) in [7, 11) is 0. The van der Waals surface area contributed by atoms with Gasteiger partial charge in [0.1, 0.15) is 0 Å². The highest BCUT2D eigenvalue weighted by Gasteiger charge is 2.78. The summed E-state index contributed by atoms with van der Waals surface area (Å²) in [4.78, 5) is 0. The lowest BCUT2D eigenvalue weighted by Gasteiger charge is -2.70. The minimum absolute atomic E-state index is 0.122. The maximum absolute atomic E-state index is 11.7. The van der Waals surface area contributed by atoms with Crippen LogP contribution in [0.2, 0.25) is 0 Å². The largest absolute Gasteiger partial charge is 0.393 e. The molecule has 29 heavy (non-hydrogen) atoms. The summed E-state index contributed by atoms with van der Waals surface area (Å²) in [6, 6.07) is 0. The first-order valence-electron chi connectivity index (χ1n) is 12.5. The van der Waals surface area contributed by atoms with Crippen molar-refractivity contribution in [2.24, 2.45) is 46.3 Å². The maximum atomic E-state index is 11.7. The average Bonchev–Trinajstić information content (AvgIpc) is 3.38. The van der Waals surface area contributed by atoms with Crippen molar-refractivity contribution in [2.45, 2.75) is 89.1 Å². The maximum Gasteiger partial charge on any atom is 0.168 e. The van der Waals surface area contributed by atoms with Crippen LogP contribution in [0.4, 0.5) is 0 Å². The van der Waals surface area contributed by atoms with Gasteiger partial charge < -0.3 is 19.3 Å². The molecule has 0 radical (unpaired) electrons. The van der Waals surface area contributed by atoms with Gasteiger partial charge in [0, 0.05) is 19.4 Å². The molecule has 0 aromatic rings. The Morgan fingerprint density at radius 2 is 1.59 bits per heavy atom. The molecule has 2 heterocycles. The van der Waals surface area contributed by atoms with E-state index in [1.807, 2.05) is 0 Å². The van der Waals surface area contributed by atoms with E-state index in [-0.39, 0.29) is 22.9 Å². The molecule has 162 valence electrons. The van der Waals surface area contributed by atoms with E-state index in [2.05, 4.69) is 13.8 Å². The SMILES string of the molecule is CC12CCC3(CC1CCC1C2C(O)CC24C1CCC2C1(C)OCCC14)OCCO3. The standard InChI is InChI=1S/C25H38O4/c1-22-8-9-24(28-11-12-29-24)13-15(22)3-4-16-17-5-6-19-23(2)20(7-10-27-23)25(17,19)14-18(26)21(16)22/h15-21,26H,3-14H2,1-2H3. The van der Waals surface area contributed by atoms with Gasteiger partial charge in [0.15, 0.2) is 5.79 Å². The number of fused-ring (bicyclic) bond motifs is 6. The summed E-state index contributed by atoms with van der Waals surface area (Å²) in [5.74, 6) is 3.75. The molecule has 10 unspecified atom stereocenters. The van der Waals surface area contributed by atoms with Crippen LogP contribution in [-0.2, 0) is 14.2 Å². The zero-order valence-electron chi connectivity index (χ0n) is 18.2. The minimum atomic E-state index is -0.298. The van der Waals surface area contributed by atoms with Crippen LogP contribution in [0, 0.1) is 46.3 Å². The van der Waals surface area contributed by atoms with Crippen LogP contribution >= 0.6 is 0 Å². The molecule has 7 aliphatic rings. The molecule has 2 saturated heterocycles. The van der Waals surface area contributed by atoms with Gasteiger partial charge in [-0.25, -0.2) is 0 Å². The van der Waals surface area contributed by atoms with Gasteiger partial charge in [-0.2, -0.15) is 0 Å². The van der Waals surface area contributed by atoms with Crippen LogP contribution in [0.25, 0.3) is 0 Å². The molecule has 4 heteroatoms. The van der Waals surface area contributed by atoms with E-state index in [9.17, 15) is 5.11 Å². The van der Waals surface area contributed by atoms with Crippen molar-refractivity contribution in [2.75, 3.05) is 19.8 Å². The van der Waals surface area contributed by atoms with Crippen LogP contribution in [0.5, 0.6) is 0 Å². The minimum Gasteiger partial charge on any atom is -0.393 e. The molecule has 4 nitrogen and oxygen atoms in total. The number of ether oxygens (including phenoxy) is 3. The van der Waals surface area contributed by atoms with Crippen LogP contribution in [0.3, 0.4) is 0 Å². The van der Waals surface area contributed by atoms with Crippen molar-refractivity contribution in [1.29, 1.82) is 0 Å². The average molecular weight is 403 g/mol. The van der Waals surface area contributed by atoms with Crippen LogP contribution in [-0.4, -0.2) is 42.4 Å². The first kappa shape index (κ1) is 18.4. The van der Waals surface area contributed by atoms with Gasteiger partial charge in [-0.3, -0.25) is 0 Å². The van der Waals surface area contributed by atoms with Gasteiger partial charge in [-0.15, -0.1) is 0 Å². The number of rotatable bonds is 0. The number of aliphatic hydroxyl groups excluding tert-OH is 1. The van der Waals surface area contributed by atoms with Crippen molar-refractivity contribution in [3.63, 3.8) is 0 Å². The third kappa shape index (κ3) is 1.98. The van der Waals surface area contributed by atoms with E-state index in [0.29, 0.717) is 29.1 Å². The summed E-state index contributed by atoms with van der Waals surface area (Å²) in [5.41, 5.74) is 0.765. The fraction of sp³-hybridized carbons (Fsp3) is 1.00. The second-order valence-electron chi connectivity index (χ2n) is 12.3. The summed E-state index contributed by atoms with van der Waals surface area (Å²) in [6.07, 6.45) is 10.7. The van der Waals surface area contributed by atoms with E-state index in [1.54, 1.807) is 0 Å². The molecule has 7 rings (SSSR count).